The third-order valence-corrected chi connectivity index (χ3v) is 7.24. The van der Waals surface area contributed by atoms with Crippen molar-refractivity contribution in [2.45, 2.75) is 0 Å². The molecule has 0 fully saturated rings. The molecule has 5 aromatic carbocycles. The molecule has 0 unspecified atom stereocenters. The predicted molar refractivity (Wildman–Crippen MR) is 137 cm³/mol. The minimum absolute atomic E-state index is 1.17. The molecule has 0 spiro atoms. The largest absolute Gasteiger partial charge is 0.354 e. The SMILES string of the molecule is Cn1c2c3ccccc3ccc2c2ccc3[nH]c4ccc5c6ccccc6[nH]c5c4c3c21. The van der Waals surface area contributed by atoms with Crippen molar-refractivity contribution in [2.24, 2.45) is 7.05 Å². The first-order chi connectivity index (χ1) is 15.8. The van der Waals surface area contributed by atoms with E-state index in [4.69, 9.17) is 0 Å². The molecule has 0 aliphatic rings. The number of hydrogen-bond acceptors (Lipinski definition) is 0. The highest BCUT2D eigenvalue weighted by molar-refractivity contribution is 6.32. The number of fused-ring (bicyclic) bond motifs is 13. The third-order valence-electron chi connectivity index (χ3n) is 7.24. The molecule has 0 aliphatic carbocycles. The zero-order valence-electron chi connectivity index (χ0n) is 17.5. The van der Waals surface area contributed by atoms with Crippen LogP contribution in [0.3, 0.4) is 0 Å². The van der Waals surface area contributed by atoms with Gasteiger partial charge in [-0.3, -0.25) is 0 Å². The van der Waals surface area contributed by atoms with Crippen LogP contribution in [-0.4, -0.2) is 14.5 Å². The number of hydrogen-bond donors (Lipinski definition) is 2. The Labute approximate surface area is 182 Å². The van der Waals surface area contributed by atoms with Crippen LogP contribution in [0.2, 0.25) is 0 Å². The van der Waals surface area contributed by atoms with Crippen LogP contribution >= 0.6 is 0 Å². The van der Waals surface area contributed by atoms with Crippen molar-refractivity contribution in [3.8, 4) is 0 Å². The second-order valence-electron chi connectivity index (χ2n) is 8.83. The van der Waals surface area contributed by atoms with E-state index < -0.39 is 0 Å². The summed E-state index contributed by atoms with van der Waals surface area (Å²) in [5, 5.41) is 10.3. The van der Waals surface area contributed by atoms with E-state index in [9.17, 15) is 0 Å². The molecular formula is C29H19N3. The minimum Gasteiger partial charge on any atom is -0.354 e. The Kier molecular flexibility index (Phi) is 2.83. The Bertz CT molecular complexity index is 2050. The number of nitrogens with zero attached hydrogens (tertiary/aromatic N) is 1. The van der Waals surface area contributed by atoms with Gasteiger partial charge in [0, 0.05) is 61.3 Å². The van der Waals surface area contributed by atoms with E-state index in [-0.39, 0.29) is 0 Å². The molecule has 3 heterocycles. The monoisotopic (exact) mass is 409 g/mol. The maximum atomic E-state index is 3.72. The van der Waals surface area contributed by atoms with Gasteiger partial charge in [-0.15, -0.1) is 0 Å². The Balaban J connectivity index is 1.68. The van der Waals surface area contributed by atoms with Crippen LogP contribution in [0.5, 0.6) is 0 Å². The molecule has 0 saturated heterocycles. The van der Waals surface area contributed by atoms with E-state index in [1.54, 1.807) is 0 Å². The minimum atomic E-state index is 1.17. The van der Waals surface area contributed by atoms with Crippen molar-refractivity contribution >= 4 is 76.2 Å². The topological polar surface area (TPSA) is 36.5 Å². The van der Waals surface area contributed by atoms with Crippen molar-refractivity contribution in [1.29, 1.82) is 0 Å². The number of aryl methyl sites for hydroxylation is 1. The van der Waals surface area contributed by atoms with Gasteiger partial charge < -0.3 is 14.5 Å². The van der Waals surface area contributed by atoms with Gasteiger partial charge in [0.2, 0.25) is 0 Å². The lowest BCUT2D eigenvalue weighted by Gasteiger charge is -2.04. The van der Waals surface area contributed by atoms with Crippen molar-refractivity contribution in [2.75, 3.05) is 0 Å². The van der Waals surface area contributed by atoms with Gasteiger partial charge in [0.05, 0.1) is 16.6 Å². The second-order valence-corrected chi connectivity index (χ2v) is 8.83. The number of H-pyrrole nitrogens is 2. The Hall–Kier alpha value is -4.24. The molecule has 0 radical (unpaired) electrons. The lowest BCUT2D eigenvalue weighted by Crippen LogP contribution is -1.88. The summed E-state index contributed by atoms with van der Waals surface area (Å²) in [6.07, 6.45) is 0. The molecule has 0 saturated carbocycles. The lowest BCUT2D eigenvalue weighted by atomic mass is 10.0. The van der Waals surface area contributed by atoms with Crippen molar-refractivity contribution in [3.63, 3.8) is 0 Å². The molecule has 0 atom stereocenters. The number of rotatable bonds is 0. The van der Waals surface area contributed by atoms with E-state index in [0.717, 1.165) is 0 Å². The summed E-state index contributed by atoms with van der Waals surface area (Å²) in [6, 6.07) is 30.7. The summed E-state index contributed by atoms with van der Waals surface area (Å²) in [5.74, 6) is 0. The smallest absolute Gasteiger partial charge is 0.0591 e. The van der Waals surface area contributed by atoms with Gasteiger partial charge in [-0.05, 0) is 23.6 Å². The van der Waals surface area contributed by atoms with E-state index >= 15 is 0 Å². The first kappa shape index (κ1) is 16.5. The van der Waals surface area contributed by atoms with Crippen molar-refractivity contribution in [3.05, 3.63) is 84.9 Å². The van der Waals surface area contributed by atoms with Gasteiger partial charge in [-0.1, -0.05) is 66.7 Å². The molecule has 150 valence electrons. The number of aromatic amines is 2. The summed E-state index contributed by atoms with van der Waals surface area (Å²) >= 11 is 0. The molecule has 8 rings (SSSR count). The average Bonchev–Trinajstić information content (AvgIpc) is 3.48. The van der Waals surface area contributed by atoms with Gasteiger partial charge in [-0.2, -0.15) is 0 Å². The molecule has 32 heavy (non-hydrogen) atoms. The summed E-state index contributed by atoms with van der Waals surface area (Å²) in [6.45, 7) is 0. The van der Waals surface area contributed by atoms with Crippen LogP contribution in [0.25, 0.3) is 76.2 Å². The van der Waals surface area contributed by atoms with Crippen LogP contribution in [0.1, 0.15) is 0 Å². The highest BCUT2D eigenvalue weighted by Gasteiger charge is 2.19. The van der Waals surface area contributed by atoms with Gasteiger partial charge in [-0.25, -0.2) is 0 Å². The average molecular weight is 409 g/mol. The van der Waals surface area contributed by atoms with E-state index in [1.807, 2.05) is 0 Å². The Morgan fingerprint density at radius 3 is 2.09 bits per heavy atom. The molecule has 2 N–H and O–H groups in total. The van der Waals surface area contributed by atoms with Gasteiger partial charge >= 0.3 is 0 Å². The molecule has 8 aromatic rings. The summed E-state index contributed by atoms with van der Waals surface area (Å²) in [5.41, 5.74) is 7.31. The predicted octanol–water partition coefficient (Wildman–Crippen LogP) is 7.75. The van der Waals surface area contributed by atoms with E-state index in [0.29, 0.717) is 0 Å². The van der Waals surface area contributed by atoms with Crippen molar-refractivity contribution in [1.82, 2.24) is 14.5 Å². The Morgan fingerprint density at radius 2 is 1.19 bits per heavy atom. The van der Waals surface area contributed by atoms with E-state index in [2.05, 4.69) is 107 Å². The Morgan fingerprint density at radius 1 is 0.500 bits per heavy atom. The number of para-hydroxylation sites is 1. The van der Waals surface area contributed by atoms with Crippen molar-refractivity contribution < 1.29 is 0 Å². The standard InChI is InChI=1S/C29H19N3/c1-32-28-17-7-3-2-6-16(17)10-11-20(28)21-13-15-24-26(29(21)32)25-23(30-24)14-12-19-18-8-4-5-9-22(18)31-27(19)25/h2-15,30-31H,1H3. The highest BCUT2D eigenvalue weighted by atomic mass is 14.9. The number of nitrogens with one attached hydrogen (secondary N) is 2. The molecule has 3 heteroatoms. The molecule has 0 aliphatic heterocycles. The maximum Gasteiger partial charge on any atom is 0.0591 e. The van der Waals surface area contributed by atoms with Gasteiger partial charge in [0.25, 0.3) is 0 Å². The lowest BCUT2D eigenvalue weighted by molar-refractivity contribution is 1.02. The third kappa shape index (κ3) is 1.84. The number of benzene rings is 5. The summed E-state index contributed by atoms with van der Waals surface area (Å²) < 4.78 is 2.39. The molecule has 0 bridgehead atoms. The second kappa shape index (κ2) is 5.51. The van der Waals surface area contributed by atoms with Crippen LogP contribution in [0, 0.1) is 0 Å². The van der Waals surface area contributed by atoms with Crippen LogP contribution in [0.4, 0.5) is 0 Å². The van der Waals surface area contributed by atoms with Crippen LogP contribution < -0.4 is 0 Å². The molecule has 3 aromatic heterocycles. The summed E-state index contributed by atoms with van der Waals surface area (Å²) in [4.78, 5) is 7.40. The fourth-order valence-electron chi connectivity index (χ4n) is 5.89. The molecular weight excluding hydrogens is 390 g/mol. The number of aromatic nitrogens is 3. The fourth-order valence-corrected chi connectivity index (χ4v) is 5.89. The zero-order chi connectivity index (χ0) is 21.0. The maximum absolute atomic E-state index is 3.72. The fraction of sp³-hybridized carbons (Fsp3) is 0.0345. The normalized spacial score (nSPS) is 12.5. The first-order valence-corrected chi connectivity index (χ1v) is 11.0. The molecule has 3 nitrogen and oxygen atoms in total. The molecule has 0 amide bonds. The summed E-state index contributed by atoms with van der Waals surface area (Å²) in [7, 11) is 2.21. The first-order valence-electron chi connectivity index (χ1n) is 11.0. The van der Waals surface area contributed by atoms with E-state index in [1.165, 1.54) is 76.2 Å². The van der Waals surface area contributed by atoms with Crippen LogP contribution in [0.15, 0.2) is 84.9 Å². The van der Waals surface area contributed by atoms with Gasteiger partial charge in [0.1, 0.15) is 0 Å². The van der Waals surface area contributed by atoms with Crippen LogP contribution in [-0.2, 0) is 7.05 Å². The zero-order valence-corrected chi connectivity index (χ0v) is 17.5. The quantitative estimate of drug-likeness (QED) is 0.257. The van der Waals surface area contributed by atoms with Gasteiger partial charge in [0.15, 0.2) is 0 Å². The highest BCUT2D eigenvalue weighted by Crippen LogP contribution is 2.42.